The van der Waals surface area contributed by atoms with Crippen LogP contribution in [0, 0.1) is 0 Å². The topological polar surface area (TPSA) is 12.0 Å². The van der Waals surface area contributed by atoms with Gasteiger partial charge in [0, 0.05) is 16.8 Å². The second-order valence-corrected chi connectivity index (χ2v) is 8.30. The molecule has 0 unspecified atom stereocenters. The van der Waals surface area contributed by atoms with Crippen LogP contribution in [0.3, 0.4) is 0 Å². The molecule has 0 aliphatic carbocycles. The van der Waals surface area contributed by atoms with Gasteiger partial charge >= 0.3 is 0 Å². The molecule has 0 aromatic heterocycles. The molecule has 33 heavy (non-hydrogen) atoms. The number of benzene rings is 6. The van der Waals surface area contributed by atoms with E-state index in [-0.39, 0.29) is 0 Å². The first-order valence-corrected chi connectivity index (χ1v) is 11.3. The number of hydrogen-bond acceptors (Lipinski definition) is 1. The lowest BCUT2D eigenvalue weighted by Crippen LogP contribution is -1.94. The zero-order valence-electron chi connectivity index (χ0n) is 18.2. The lowest BCUT2D eigenvalue weighted by atomic mass is 9.91. The predicted molar refractivity (Wildman–Crippen MR) is 142 cm³/mol. The van der Waals surface area contributed by atoms with Gasteiger partial charge in [0.1, 0.15) is 0 Å². The molecule has 0 spiro atoms. The molecule has 1 heteroatoms. The third-order valence-corrected chi connectivity index (χ3v) is 6.25. The minimum atomic E-state index is 1.08. The highest BCUT2D eigenvalue weighted by Gasteiger charge is 2.12. The minimum absolute atomic E-state index is 1.08. The van der Waals surface area contributed by atoms with Crippen molar-refractivity contribution in [3.8, 4) is 22.3 Å². The lowest BCUT2D eigenvalue weighted by molar-refractivity contribution is 1.55. The van der Waals surface area contributed by atoms with E-state index in [0.717, 1.165) is 11.4 Å². The second-order valence-electron chi connectivity index (χ2n) is 8.30. The first-order valence-electron chi connectivity index (χ1n) is 11.3. The number of nitrogens with one attached hydrogen (secondary N) is 1. The zero-order valence-corrected chi connectivity index (χ0v) is 18.2. The van der Waals surface area contributed by atoms with Gasteiger partial charge in [-0.2, -0.15) is 0 Å². The average molecular weight is 422 g/mol. The monoisotopic (exact) mass is 421 g/mol. The minimum Gasteiger partial charge on any atom is -0.355 e. The Morgan fingerprint density at radius 2 is 1.03 bits per heavy atom. The molecule has 0 radical (unpaired) electrons. The van der Waals surface area contributed by atoms with Crippen molar-refractivity contribution in [1.82, 2.24) is 0 Å². The summed E-state index contributed by atoms with van der Waals surface area (Å²) in [6.07, 6.45) is 0. The van der Waals surface area contributed by atoms with Crippen molar-refractivity contribution >= 4 is 32.9 Å². The summed E-state index contributed by atoms with van der Waals surface area (Å²) < 4.78 is 0. The van der Waals surface area contributed by atoms with E-state index in [4.69, 9.17) is 0 Å². The highest BCUT2D eigenvalue weighted by Crippen LogP contribution is 2.39. The molecule has 0 saturated heterocycles. The highest BCUT2D eigenvalue weighted by molar-refractivity contribution is 6.02. The molecule has 0 fully saturated rings. The summed E-state index contributed by atoms with van der Waals surface area (Å²) in [4.78, 5) is 0. The summed E-state index contributed by atoms with van der Waals surface area (Å²) in [5.74, 6) is 0. The van der Waals surface area contributed by atoms with Crippen LogP contribution in [0.25, 0.3) is 43.8 Å². The summed E-state index contributed by atoms with van der Waals surface area (Å²) in [6, 6.07) is 47.4. The van der Waals surface area contributed by atoms with Gasteiger partial charge in [0.05, 0.1) is 0 Å². The summed E-state index contributed by atoms with van der Waals surface area (Å²) >= 11 is 0. The van der Waals surface area contributed by atoms with E-state index in [1.807, 2.05) is 0 Å². The van der Waals surface area contributed by atoms with Gasteiger partial charge in [-0.15, -0.1) is 0 Å². The van der Waals surface area contributed by atoms with Gasteiger partial charge in [-0.05, 0) is 56.6 Å². The van der Waals surface area contributed by atoms with Crippen molar-refractivity contribution in [3.05, 3.63) is 133 Å². The van der Waals surface area contributed by atoms with Crippen molar-refractivity contribution in [2.24, 2.45) is 0 Å². The molecule has 0 amide bonds. The molecule has 6 rings (SSSR count). The third kappa shape index (κ3) is 3.64. The Hall–Kier alpha value is -4.36. The molecule has 0 saturated carbocycles. The van der Waals surface area contributed by atoms with E-state index < -0.39 is 0 Å². The van der Waals surface area contributed by atoms with E-state index in [2.05, 4.69) is 139 Å². The molecule has 1 N–H and O–H groups in total. The second kappa shape index (κ2) is 8.29. The molecule has 0 aliphatic rings. The van der Waals surface area contributed by atoms with Crippen molar-refractivity contribution in [2.75, 3.05) is 5.32 Å². The number of hydrogen-bond donors (Lipinski definition) is 1. The third-order valence-electron chi connectivity index (χ3n) is 6.25. The fourth-order valence-corrected chi connectivity index (χ4v) is 4.66. The molecule has 6 aromatic carbocycles. The summed E-state index contributed by atoms with van der Waals surface area (Å²) in [5, 5.41) is 8.65. The van der Waals surface area contributed by atoms with Gasteiger partial charge in [0.15, 0.2) is 0 Å². The van der Waals surface area contributed by atoms with Crippen LogP contribution in [0.5, 0.6) is 0 Å². The Labute approximate surface area is 194 Å². The lowest BCUT2D eigenvalue weighted by Gasteiger charge is -2.16. The van der Waals surface area contributed by atoms with Crippen LogP contribution < -0.4 is 5.32 Å². The van der Waals surface area contributed by atoms with Gasteiger partial charge < -0.3 is 5.32 Å². The Morgan fingerprint density at radius 3 is 1.85 bits per heavy atom. The van der Waals surface area contributed by atoms with Crippen LogP contribution >= 0.6 is 0 Å². The maximum atomic E-state index is 3.68. The SMILES string of the molecule is c1ccc(-c2ccc(Nc3cccc4ccccc34)cc2-c2cccc3ccccc23)cc1. The van der Waals surface area contributed by atoms with Crippen LogP contribution in [0.2, 0.25) is 0 Å². The molecule has 0 atom stereocenters. The van der Waals surface area contributed by atoms with E-state index in [1.165, 1.54) is 43.8 Å². The van der Waals surface area contributed by atoms with Gasteiger partial charge in [-0.3, -0.25) is 0 Å². The van der Waals surface area contributed by atoms with Crippen molar-refractivity contribution in [1.29, 1.82) is 0 Å². The molecule has 0 heterocycles. The van der Waals surface area contributed by atoms with Crippen molar-refractivity contribution in [3.63, 3.8) is 0 Å². The van der Waals surface area contributed by atoms with Gasteiger partial charge in [-0.1, -0.05) is 115 Å². The van der Waals surface area contributed by atoms with Crippen LogP contribution in [-0.4, -0.2) is 0 Å². The normalized spacial score (nSPS) is 11.0. The van der Waals surface area contributed by atoms with Crippen LogP contribution in [0.1, 0.15) is 0 Å². The van der Waals surface area contributed by atoms with Gasteiger partial charge in [0.25, 0.3) is 0 Å². The van der Waals surface area contributed by atoms with E-state index in [1.54, 1.807) is 0 Å². The molecule has 1 nitrogen and oxygen atoms in total. The van der Waals surface area contributed by atoms with Gasteiger partial charge in [-0.25, -0.2) is 0 Å². The van der Waals surface area contributed by atoms with Crippen LogP contribution in [-0.2, 0) is 0 Å². The van der Waals surface area contributed by atoms with Crippen molar-refractivity contribution in [2.45, 2.75) is 0 Å². The smallest absolute Gasteiger partial charge is 0.0463 e. The largest absolute Gasteiger partial charge is 0.355 e. The molecule has 6 aromatic rings. The maximum absolute atomic E-state index is 3.68. The number of anilines is 2. The van der Waals surface area contributed by atoms with Gasteiger partial charge in [0.2, 0.25) is 0 Å². The Bertz CT molecular complexity index is 1570. The number of fused-ring (bicyclic) bond motifs is 2. The quantitative estimate of drug-likeness (QED) is 0.299. The zero-order chi connectivity index (χ0) is 22.0. The molecule has 0 bridgehead atoms. The first kappa shape index (κ1) is 19.3. The fourth-order valence-electron chi connectivity index (χ4n) is 4.66. The van der Waals surface area contributed by atoms with Crippen molar-refractivity contribution < 1.29 is 0 Å². The molecular weight excluding hydrogens is 398 g/mol. The summed E-state index contributed by atoms with van der Waals surface area (Å²) in [6.45, 7) is 0. The summed E-state index contributed by atoms with van der Waals surface area (Å²) in [7, 11) is 0. The highest BCUT2D eigenvalue weighted by atomic mass is 14.9. The van der Waals surface area contributed by atoms with E-state index >= 15 is 0 Å². The maximum Gasteiger partial charge on any atom is 0.0463 e. The van der Waals surface area contributed by atoms with Crippen LogP contribution in [0.15, 0.2) is 133 Å². The Balaban J connectivity index is 1.54. The fraction of sp³-hybridized carbons (Fsp3) is 0. The van der Waals surface area contributed by atoms with Crippen LogP contribution in [0.4, 0.5) is 11.4 Å². The Morgan fingerprint density at radius 1 is 0.394 bits per heavy atom. The van der Waals surface area contributed by atoms with E-state index in [0.29, 0.717) is 0 Å². The number of rotatable bonds is 4. The first-order chi connectivity index (χ1) is 16.4. The predicted octanol–water partition coefficient (Wildman–Crippen LogP) is 9.07. The average Bonchev–Trinajstić information content (AvgIpc) is 2.89. The summed E-state index contributed by atoms with van der Waals surface area (Å²) in [5.41, 5.74) is 7.11. The standard InChI is InChI=1S/C32H23N/c1-2-10-23(11-3-1)28-21-20-26(33-32-19-9-15-25-13-5-7-17-29(25)32)22-31(28)30-18-8-14-24-12-4-6-16-27(24)30/h1-22,33H. The molecule has 156 valence electrons. The Kier molecular flexibility index (Phi) is 4.86. The molecule has 0 aliphatic heterocycles. The van der Waals surface area contributed by atoms with E-state index in [9.17, 15) is 0 Å². The molecular formula is C32H23N.